The molecule has 0 aromatic carbocycles. The molecule has 0 saturated carbocycles. The molecule has 0 aliphatic heterocycles. The van der Waals surface area contributed by atoms with Crippen LogP contribution in [0.2, 0.25) is 0 Å². The van der Waals surface area contributed by atoms with Gasteiger partial charge in [-0.05, 0) is 18.3 Å². The lowest BCUT2D eigenvalue weighted by atomic mass is 9.87. The van der Waals surface area contributed by atoms with E-state index in [-0.39, 0.29) is 0 Å². The van der Waals surface area contributed by atoms with Gasteiger partial charge in [-0.15, -0.1) is 0 Å². The lowest BCUT2D eigenvalue weighted by molar-refractivity contribution is -0.130. The summed E-state index contributed by atoms with van der Waals surface area (Å²) in [6.07, 6.45) is 3.45. The molecule has 0 N–H and O–H groups in total. The monoisotopic (exact) mass is 172 g/mol. The molecule has 0 heterocycles. The van der Waals surface area contributed by atoms with Crippen LogP contribution >= 0.6 is 0 Å². The quantitative estimate of drug-likeness (QED) is 0.552. The fraction of sp³-hybridized carbons (Fsp3) is 0.900. The maximum Gasteiger partial charge on any atom is 0.293 e. The third-order valence-corrected chi connectivity index (χ3v) is 2.62. The highest BCUT2D eigenvalue weighted by molar-refractivity contribution is 5.36. The number of hydrogen-bond donors (Lipinski definition) is 0. The molecule has 1 atom stereocenters. The first-order valence-corrected chi connectivity index (χ1v) is 4.85. The lowest BCUT2D eigenvalue weighted by Crippen LogP contribution is -2.18. The molecule has 0 aromatic rings. The molecule has 72 valence electrons. The molecule has 0 rings (SSSR count). The summed E-state index contributed by atoms with van der Waals surface area (Å²) < 4.78 is 4.79. The number of carbonyl (C=O) groups is 1. The first kappa shape index (κ1) is 11.5. The van der Waals surface area contributed by atoms with Crippen molar-refractivity contribution in [3.05, 3.63) is 0 Å². The molecule has 1 unspecified atom stereocenters. The van der Waals surface area contributed by atoms with Crippen molar-refractivity contribution in [1.82, 2.24) is 0 Å². The van der Waals surface area contributed by atoms with Gasteiger partial charge in [-0.3, -0.25) is 4.79 Å². The Labute approximate surface area is 75.3 Å². The standard InChI is InChI=1S/C10H20O2/c1-4-9(5-2)10(6-3)7-12-8-11/h8-10H,4-7H2,1-3H3. The van der Waals surface area contributed by atoms with Crippen LogP contribution in [0.25, 0.3) is 0 Å². The number of ether oxygens (including phenoxy) is 1. The van der Waals surface area contributed by atoms with E-state index >= 15 is 0 Å². The average Bonchev–Trinajstić information content (AvgIpc) is 2.12. The molecule has 12 heavy (non-hydrogen) atoms. The van der Waals surface area contributed by atoms with Crippen LogP contribution in [0.4, 0.5) is 0 Å². The van der Waals surface area contributed by atoms with E-state index in [9.17, 15) is 4.79 Å². The van der Waals surface area contributed by atoms with Gasteiger partial charge in [-0.1, -0.05) is 33.6 Å². The third-order valence-electron chi connectivity index (χ3n) is 2.62. The fourth-order valence-corrected chi connectivity index (χ4v) is 1.71. The van der Waals surface area contributed by atoms with Crippen molar-refractivity contribution in [2.75, 3.05) is 6.61 Å². The molecule has 0 aliphatic rings. The van der Waals surface area contributed by atoms with Crippen LogP contribution in [-0.4, -0.2) is 13.1 Å². The van der Waals surface area contributed by atoms with Gasteiger partial charge in [0, 0.05) is 0 Å². The lowest BCUT2D eigenvalue weighted by Gasteiger charge is -2.22. The summed E-state index contributed by atoms with van der Waals surface area (Å²) in [6.45, 7) is 7.67. The van der Waals surface area contributed by atoms with Crippen molar-refractivity contribution >= 4 is 6.47 Å². The molecule has 0 amide bonds. The topological polar surface area (TPSA) is 26.3 Å². The Morgan fingerprint density at radius 3 is 1.92 bits per heavy atom. The normalized spacial score (nSPS) is 13.0. The molecule has 0 spiro atoms. The van der Waals surface area contributed by atoms with Gasteiger partial charge in [0.05, 0.1) is 6.61 Å². The zero-order valence-corrected chi connectivity index (χ0v) is 8.38. The van der Waals surface area contributed by atoms with Crippen LogP contribution in [0, 0.1) is 11.8 Å². The van der Waals surface area contributed by atoms with Gasteiger partial charge in [0.25, 0.3) is 6.47 Å². The van der Waals surface area contributed by atoms with E-state index in [0.717, 1.165) is 6.42 Å². The molecule has 0 fully saturated rings. The molecule has 0 bridgehead atoms. The predicted molar refractivity (Wildman–Crippen MR) is 49.9 cm³/mol. The van der Waals surface area contributed by atoms with Gasteiger partial charge in [0.1, 0.15) is 0 Å². The Morgan fingerprint density at radius 1 is 1.08 bits per heavy atom. The minimum atomic E-state index is 0.546. The Kier molecular flexibility index (Phi) is 6.82. The zero-order valence-electron chi connectivity index (χ0n) is 8.38. The van der Waals surface area contributed by atoms with E-state index in [0.29, 0.717) is 24.9 Å². The molecular formula is C10H20O2. The first-order chi connectivity index (χ1) is 5.79. The van der Waals surface area contributed by atoms with Crippen LogP contribution in [-0.2, 0) is 9.53 Å². The summed E-state index contributed by atoms with van der Waals surface area (Å²) in [5.41, 5.74) is 0. The first-order valence-electron chi connectivity index (χ1n) is 4.85. The Bertz CT molecular complexity index is 108. The smallest absolute Gasteiger partial charge is 0.293 e. The van der Waals surface area contributed by atoms with Crippen LogP contribution in [0.1, 0.15) is 40.0 Å². The number of rotatable bonds is 7. The maximum atomic E-state index is 10.0. The summed E-state index contributed by atoms with van der Waals surface area (Å²) in [7, 11) is 0. The van der Waals surface area contributed by atoms with E-state index in [2.05, 4.69) is 20.8 Å². The Morgan fingerprint density at radius 2 is 1.58 bits per heavy atom. The molecular weight excluding hydrogens is 152 g/mol. The minimum Gasteiger partial charge on any atom is -0.468 e. The number of carbonyl (C=O) groups excluding carboxylic acids is 1. The van der Waals surface area contributed by atoms with Crippen LogP contribution in [0.5, 0.6) is 0 Å². The van der Waals surface area contributed by atoms with Crippen LogP contribution in [0.15, 0.2) is 0 Å². The zero-order chi connectivity index (χ0) is 9.40. The van der Waals surface area contributed by atoms with Crippen molar-refractivity contribution in [2.24, 2.45) is 11.8 Å². The van der Waals surface area contributed by atoms with E-state index in [4.69, 9.17) is 4.74 Å². The maximum absolute atomic E-state index is 10.0. The molecule has 2 heteroatoms. The van der Waals surface area contributed by atoms with Gasteiger partial charge in [0.15, 0.2) is 0 Å². The van der Waals surface area contributed by atoms with Gasteiger partial charge >= 0.3 is 0 Å². The minimum absolute atomic E-state index is 0.546. The van der Waals surface area contributed by atoms with Crippen molar-refractivity contribution in [1.29, 1.82) is 0 Å². The van der Waals surface area contributed by atoms with Gasteiger partial charge in [0.2, 0.25) is 0 Å². The summed E-state index contributed by atoms with van der Waals surface area (Å²) in [6, 6.07) is 0. The van der Waals surface area contributed by atoms with Gasteiger partial charge in [-0.2, -0.15) is 0 Å². The largest absolute Gasteiger partial charge is 0.468 e. The second-order valence-corrected chi connectivity index (χ2v) is 3.17. The highest BCUT2D eigenvalue weighted by Gasteiger charge is 2.16. The summed E-state index contributed by atoms with van der Waals surface area (Å²) >= 11 is 0. The van der Waals surface area contributed by atoms with E-state index in [1.165, 1.54) is 12.8 Å². The summed E-state index contributed by atoms with van der Waals surface area (Å²) in [5, 5.41) is 0. The summed E-state index contributed by atoms with van der Waals surface area (Å²) in [4.78, 5) is 10.0. The van der Waals surface area contributed by atoms with E-state index in [1.807, 2.05) is 0 Å². The van der Waals surface area contributed by atoms with Crippen molar-refractivity contribution < 1.29 is 9.53 Å². The fourth-order valence-electron chi connectivity index (χ4n) is 1.71. The Hall–Kier alpha value is -0.530. The highest BCUT2D eigenvalue weighted by Crippen LogP contribution is 2.22. The molecule has 0 radical (unpaired) electrons. The SMILES string of the molecule is CCC(CC)C(CC)COC=O. The molecule has 0 aliphatic carbocycles. The van der Waals surface area contributed by atoms with Crippen molar-refractivity contribution in [3.63, 3.8) is 0 Å². The van der Waals surface area contributed by atoms with Crippen LogP contribution < -0.4 is 0 Å². The predicted octanol–water partition coefficient (Wildman–Crippen LogP) is 2.62. The van der Waals surface area contributed by atoms with Crippen molar-refractivity contribution in [3.8, 4) is 0 Å². The molecule has 0 aromatic heterocycles. The van der Waals surface area contributed by atoms with Gasteiger partial charge < -0.3 is 4.74 Å². The van der Waals surface area contributed by atoms with Crippen molar-refractivity contribution in [2.45, 2.75) is 40.0 Å². The van der Waals surface area contributed by atoms with E-state index in [1.54, 1.807) is 0 Å². The second kappa shape index (κ2) is 7.14. The second-order valence-electron chi connectivity index (χ2n) is 3.17. The molecule has 2 nitrogen and oxygen atoms in total. The molecule has 0 saturated heterocycles. The average molecular weight is 172 g/mol. The third kappa shape index (κ3) is 3.74. The Balaban J connectivity index is 3.83. The van der Waals surface area contributed by atoms with E-state index < -0.39 is 0 Å². The number of hydrogen-bond acceptors (Lipinski definition) is 2. The highest BCUT2D eigenvalue weighted by atomic mass is 16.5. The van der Waals surface area contributed by atoms with Gasteiger partial charge in [-0.25, -0.2) is 0 Å². The summed E-state index contributed by atoms with van der Waals surface area (Å²) in [5.74, 6) is 1.25. The van der Waals surface area contributed by atoms with Crippen LogP contribution in [0.3, 0.4) is 0 Å².